The lowest BCUT2D eigenvalue weighted by Gasteiger charge is -2.33. The van der Waals surface area contributed by atoms with Crippen molar-refractivity contribution in [2.24, 2.45) is 11.8 Å². The highest BCUT2D eigenvalue weighted by molar-refractivity contribution is 5.92. The molecule has 0 N–H and O–H groups in total. The SMILES string of the molecule is CC(=O)C(CC(C)C)N(C)C(=O)C1CCCN1C(=O)C(C)Cc1ccccc1. The maximum atomic E-state index is 13.1. The third-order valence-electron chi connectivity index (χ3n) is 5.61. The van der Waals surface area contributed by atoms with Crippen LogP contribution < -0.4 is 0 Å². The molecule has 2 amide bonds. The summed E-state index contributed by atoms with van der Waals surface area (Å²) in [4.78, 5) is 41.6. The van der Waals surface area contributed by atoms with Crippen LogP contribution in [0, 0.1) is 11.8 Å². The molecule has 0 saturated carbocycles. The second-order valence-electron chi connectivity index (χ2n) is 8.49. The topological polar surface area (TPSA) is 57.7 Å². The second-order valence-corrected chi connectivity index (χ2v) is 8.49. The van der Waals surface area contributed by atoms with Crippen LogP contribution in [0.1, 0.15) is 52.5 Å². The molecular weight excluding hydrogens is 352 g/mol. The Hall–Kier alpha value is -2.17. The van der Waals surface area contributed by atoms with Gasteiger partial charge in [-0.1, -0.05) is 51.1 Å². The number of carbonyl (C=O) groups is 3. The van der Waals surface area contributed by atoms with E-state index in [4.69, 9.17) is 0 Å². The van der Waals surface area contributed by atoms with E-state index in [9.17, 15) is 14.4 Å². The highest BCUT2D eigenvalue weighted by Gasteiger charge is 2.39. The molecule has 0 radical (unpaired) electrons. The van der Waals surface area contributed by atoms with Crippen molar-refractivity contribution in [1.29, 1.82) is 0 Å². The van der Waals surface area contributed by atoms with Gasteiger partial charge in [0.25, 0.3) is 0 Å². The summed E-state index contributed by atoms with van der Waals surface area (Å²) in [5, 5.41) is 0. The van der Waals surface area contributed by atoms with Gasteiger partial charge in [0.2, 0.25) is 11.8 Å². The van der Waals surface area contributed by atoms with Crippen LogP contribution in [0.25, 0.3) is 0 Å². The summed E-state index contributed by atoms with van der Waals surface area (Å²) in [6.45, 7) is 8.17. The second kappa shape index (κ2) is 9.85. The maximum absolute atomic E-state index is 13.1. The molecule has 0 spiro atoms. The van der Waals surface area contributed by atoms with Crippen LogP contribution in [-0.2, 0) is 20.8 Å². The number of nitrogens with zero attached hydrogens (tertiary/aromatic N) is 2. The molecule has 3 atom stereocenters. The number of Topliss-reactive ketones (excluding diaryl/α,β-unsaturated/α-hetero) is 1. The molecule has 1 aromatic carbocycles. The van der Waals surface area contributed by atoms with Crippen molar-refractivity contribution in [3.05, 3.63) is 35.9 Å². The lowest BCUT2D eigenvalue weighted by molar-refractivity contribution is -0.147. The summed E-state index contributed by atoms with van der Waals surface area (Å²) in [6.07, 6.45) is 2.79. The van der Waals surface area contributed by atoms with Gasteiger partial charge in [0.15, 0.2) is 5.78 Å². The van der Waals surface area contributed by atoms with E-state index < -0.39 is 12.1 Å². The van der Waals surface area contributed by atoms with Crippen molar-refractivity contribution in [3.63, 3.8) is 0 Å². The van der Waals surface area contributed by atoms with Crippen molar-refractivity contribution >= 4 is 17.6 Å². The molecule has 1 saturated heterocycles. The lowest BCUT2D eigenvalue weighted by atomic mass is 9.98. The normalized spacial score (nSPS) is 18.8. The van der Waals surface area contributed by atoms with Gasteiger partial charge >= 0.3 is 0 Å². The van der Waals surface area contributed by atoms with Crippen LogP contribution in [0.3, 0.4) is 0 Å². The molecule has 2 rings (SSSR count). The van der Waals surface area contributed by atoms with Gasteiger partial charge in [-0.15, -0.1) is 0 Å². The number of likely N-dealkylation sites (tertiary alicyclic amines) is 1. The van der Waals surface area contributed by atoms with E-state index in [-0.39, 0.29) is 23.5 Å². The fourth-order valence-electron chi connectivity index (χ4n) is 4.06. The van der Waals surface area contributed by atoms with Gasteiger partial charge in [-0.05, 0) is 44.1 Å². The van der Waals surface area contributed by atoms with Gasteiger partial charge in [-0.3, -0.25) is 14.4 Å². The van der Waals surface area contributed by atoms with Gasteiger partial charge in [-0.25, -0.2) is 0 Å². The Balaban J connectivity index is 2.08. The van der Waals surface area contributed by atoms with Crippen LogP contribution in [0.5, 0.6) is 0 Å². The summed E-state index contributed by atoms with van der Waals surface area (Å²) in [6, 6.07) is 9.07. The fraction of sp³-hybridized carbons (Fsp3) is 0.609. The molecule has 1 fully saturated rings. The van der Waals surface area contributed by atoms with E-state index in [0.29, 0.717) is 31.7 Å². The smallest absolute Gasteiger partial charge is 0.245 e. The van der Waals surface area contributed by atoms with E-state index in [1.165, 1.54) is 6.92 Å². The average Bonchev–Trinajstić information content (AvgIpc) is 3.14. The first-order chi connectivity index (χ1) is 13.2. The van der Waals surface area contributed by atoms with Gasteiger partial charge in [-0.2, -0.15) is 0 Å². The lowest BCUT2D eigenvalue weighted by Crippen LogP contribution is -2.52. The van der Waals surface area contributed by atoms with Crippen LogP contribution in [0.15, 0.2) is 30.3 Å². The molecule has 1 aliphatic rings. The number of hydrogen-bond acceptors (Lipinski definition) is 3. The van der Waals surface area contributed by atoms with Gasteiger partial charge < -0.3 is 9.80 Å². The molecule has 154 valence electrons. The Kier molecular flexibility index (Phi) is 7.78. The number of benzene rings is 1. The van der Waals surface area contributed by atoms with Crippen molar-refractivity contribution < 1.29 is 14.4 Å². The van der Waals surface area contributed by atoms with Gasteiger partial charge in [0.1, 0.15) is 6.04 Å². The maximum Gasteiger partial charge on any atom is 0.245 e. The quantitative estimate of drug-likeness (QED) is 0.689. The third kappa shape index (κ3) is 5.43. The van der Waals surface area contributed by atoms with E-state index in [1.807, 2.05) is 51.1 Å². The van der Waals surface area contributed by atoms with Crippen LogP contribution in [0.4, 0.5) is 0 Å². The summed E-state index contributed by atoms with van der Waals surface area (Å²) >= 11 is 0. The number of ketones is 1. The molecule has 3 unspecified atom stereocenters. The zero-order chi connectivity index (χ0) is 20.8. The predicted octanol–water partition coefficient (Wildman–Crippen LogP) is 3.32. The van der Waals surface area contributed by atoms with E-state index in [0.717, 1.165) is 12.0 Å². The third-order valence-corrected chi connectivity index (χ3v) is 5.61. The Bertz CT molecular complexity index is 686. The summed E-state index contributed by atoms with van der Waals surface area (Å²) in [7, 11) is 1.70. The molecule has 28 heavy (non-hydrogen) atoms. The predicted molar refractivity (Wildman–Crippen MR) is 111 cm³/mol. The molecule has 0 bridgehead atoms. The highest BCUT2D eigenvalue weighted by Crippen LogP contribution is 2.24. The monoisotopic (exact) mass is 386 g/mol. The molecular formula is C23H34N2O3. The zero-order valence-electron chi connectivity index (χ0n) is 17.9. The van der Waals surface area contributed by atoms with Crippen LogP contribution in [-0.4, -0.2) is 53.1 Å². The van der Waals surface area contributed by atoms with Crippen molar-refractivity contribution in [1.82, 2.24) is 9.80 Å². The highest BCUT2D eigenvalue weighted by atomic mass is 16.2. The zero-order valence-corrected chi connectivity index (χ0v) is 17.9. The molecule has 1 heterocycles. The molecule has 1 aromatic rings. The van der Waals surface area contributed by atoms with Crippen molar-refractivity contribution in [2.75, 3.05) is 13.6 Å². The number of likely N-dealkylation sites (N-methyl/N-ethyl adjacent to an activating group) is 1. The Labute approximate surface area is 169 Å². The first-order valence-corrected chi connectivity index (χ1v) is 10.3. The van der Waals surface area contributed by atoms with E-state index >= 15 is 0 Å². The standard InChI is InChI=1S/C23H34N2O3/c1-16(2)14-21(18(4)26)24(5)23(28)20-12-9-13-25(20)22(27)17(3)15-19-10-7-6-8-11-19/h6-8,10-11,16-17,20-21H,9,12-15H2,1-5H3. The van der Waals surface area contributed by atoms with E-state index in [1.54, 1.807) is 16.8 Å². The number of hydrogen-bond donors (Lipinski definition) is 0. The fourth-order valence-corrected chi connectivity index (χ4v) is 4.06. The first kappa shape index (κ1) is 22.1. The number of rotatable bonds is 8. The molecule has 5 nitrogen and oxygen atoms in total. The molecule has 0 aromatic heterocycles. The first-order valence-electron chi connectivity index (χ1n) is 10.3. The average molecular weight is 387 g/mol. The summed E-state index contributed by atoms with van der Waals surface area (Å²) in [5.41, 5.74) is 1.12. The number of carbonyl (C=O) groups excluding carboxylic acids is 3. The summed E-state index contributed by atoms with van der Waals surface area (Å²) in [5.74, 6) is 0.0459. The van der Waals surface area contributed by atoms with Gasteiger partial charge in [0.05, 0.1) is 6.04 Å². The number of amides is 2. The molecule has 0 aliphatic carbocycles. The molecule has 1 aliphatic heterocycles. The summed E-state index contributed by atoms with van der Waals surface area (Å²) < 4.78 is 0. The Morgan fingerprint density at radius 2 is 1.79 bits per heavy atom. The Morgan fingerprint density at radius 3 is 2.36 bits per heavy atom. The minimum absolute atomic E-state index is 0.00197. The van der Waals surface area contributed by atoms with Crippen molar-refractivity contribution in [3.8, 4) is 0 Å². The van der Waals surface area contributed by atoms with Crippen LogP contribution >= 0.6 is 0 Å². The Morgan fingerprint density at radius 1 is 1.14 bits per heavy atom. The van der Waals surface area contributed by atoms with Gasteiger partial charge in [0, 0.05) is 19.5 Å². The minimum Gasteiger partial charge on any atom is -0.334 e. The van der Waals surface area contributed by atoms with E-state index in [2.05, 4.69) is 0 Å². The minimum atomic E-state index is -0.454. The van der Waals surface area contributed by atoms with Crippen molar-refractivity contribution in [2.45, 2.75) is 65.5 Å². The molecule has 5 heteroatoms. The van der Waals surface area contributed by atoms with Crippen LogP contribution in [0.2, 0.25) is 0 Å². The largest absolute Gasteiger partial charge is 0.334 e.